The number of methoxy groups -OCH3 is 1. The number of anilines is 1. The molecule has 0 radical (unpaired) electrons. The Balaban J connectivity index is 2.11. The summed E-state index contributed by atoms with van der Waals surface area (Å²) >= 11 is 0. The van der Waals surface area contributed by atoms with Crippen LogP contribution in [0.15, 0.2) is 72.8 Å². The predicted octanol–water partition coefficient (Wildman–Crippen LogP) is 4.46. The molecule has 10 heteroatoms. The van der Waals surface area contributed by atoms with Crippen molar-refractivity contribution in [3.63, 3.8) is 0 Å². The molecule has 0 unspecified atom stereocenters. The number of rotatable bonds is 13. The Kier molecular flexibility index (Phi) is 10.9. The van der Waals surface area contributed by atoms with E-state index in [4.69, 9.17) is 4.74 Å². The van der Waals surface area contributed by atoms with Crippen LogP contribution in [0.5, 0.6) is 5.75 Å². The molecule has 0 aliphatic carbocycles. The minimum Gasteiger partial charge on any atom is -0.495 e. The fourth-order valence-corrected chi connectivity index (χ4v) is 5.24. The number of benzene rings is 3. The Labute approximate surface area is 242 Å². The molecule has 0 saturated carbocycles. The van der Waals surface area contributed by atoms with Crippen molar-refractivity contribution in [1.29, 1.82) is 0 Å². The van der Waals surface area contributed by atoms with Crippen LogP contribution in [0.4, 0.5) is 10.1 Å². The van der Waals surface area contributed by atoms with E-state index in [-0.39, 0.29) is 36.0 Å². The SMILES string of the molecule is CC[C@@H](C)NC(=O)[C@@H](Cc1ccccc1)N(Cc1ccccc1F)C(=O)CN(c1cc(C)ccc1OC)S(C)(=O)=O. The van der Waals surface area contributed by atoms with Crippen molar-refractivity contribution in [2.75, 3.05) is 24.2 Å². The van der Waals surface area contributed by atoms with Crippen molar-refractivity contribution in [2.24, 2.45) is 0 Å². The van der Waals surface area contributed by atoms with E-state index in [1.165, 1.54) is 24.1 Å². The molecule has 8 nitrogen and oxygen atoms in total. The number of hydrogen-bond acceptors (Lipinski definition) is 5. The number of nitrogens with one attached hydrogen (secondary N) is 1. The molecular formula is C31H38FN3O5S. The summed E-state index contributed by atoms with van der Waals surface area (Å²) in [5.74, 6) is -1.34. The summed E-state index contributed by atoms with van der Waals surface area (Å²) in [6.45, 7) is 4.73. The summed E-state index contributed by atoms with van der Waals surface area (Å²) in [6.07, 6.45) is 1.82. The average Bonchev–Trinajstić information content (AvgIpc) is 2.94. The molecule has 0 saturated heterocycles. The van der Waals surface area contributed by atoms with Gasteiger partial charge in [-0.15, -0.1) is 0 Å². The molecule has 0 heterocycles. The third-order valence-electron chi connectivity index (χ3n) is 6.85. The van der Waals surface area contributed by atoms with Gasteiger partial charge in [-0.3, -0.25) is 13.9 Å². The van der Waals surface area contributed by atoms with Crippen molar-refractivity contribution in [3.8, 4) is 5.75 Å². The standard InChI is InChI=1S/C31H38FN3O5S/c1-6-23(3)33-31(37)28(19-24-12-8-7-9-13-24)34(20-25-14-10-11-15-26(25)32)30(36)21-35(41(5,38)39)27-18-22(2)16-17-29(27)40-4/h7-18,23,28H,6,19-21H2,1-5H3,(H,33,37)/t23-,28-/m1/s1. The predicted molar refractivity (Wildman–Crippen MR) is 159 cm³/mol. The number of sulfonamides is 1. The van der Waals surface area contributed by atoms with Crippen molar-refractivity contribution in [3.05, 3.63) is 95.3 Å². The number of carbonyl (C=O) groups is 2. The van der Waals surface area contributed by atoms with Gasteiger partial charge in [0.1, 0.15) is 24.2 Å². The van der Waals surface area contributed by atoms with Gasteiger partial charge in [0.25, 0.3) is 0 Å². The minimum absolute atomic E-state index is 0.149. The Morgan fingerprint density at radius 1 is 1.02 bits per heavy atom. The average molecular weight is 584 g/mol. The van der Waals surface area contributed by atoms with Crippen molar-refractivity contribution in [2.45, 2.75) is 52.2 Å². The molecule has 0 aromatic heterocycles. The fourth-order valence-electron chi connectivity index (χ4n) is 4.39. The maximum absolute atomic E-state index is 14.9. The second-order valence-electron chi connectivity index (χ2n) is 10.1. The van der Waals surface area contributed by atoms with Crippen LogP contribution in [0.2, 0.25) is 0 Å². The van der Waals surface area contributed by atoms with Crippen molar-refractivity contribution < 1.29 is 27.1 Å². The third kappa shape index (κ3) is 8.53. The summed E-state index contributed by atoms with van der Waals surface area (Å²) in [4.78, 5) is 29.1. The fraction of sp³-hybridized carbons (Fsp3) is 0.355. The number of hydrogen-bond donors (Lipinski definition) is 1. The van der Waals surface area contributed by atoms with Crippen LogP contribution in [-0.2, 0) is 32.6 Å². The minimum atomic E-state index is -3.97. The lowest BCUT2D eigenvalue weighted by Gasteiger charge is -2.34. The molecule has 0 spiro atoms. The number of nitrogens with zero attached hydrogens (tertiary/aromatic N) is 2. The maximum atomic E-state index is 14.9. The van der Waals surface area contributed by atoms with Crippen LogP contribution in [0.25, 0.3) is 0 Å². The van der Waals surface area contributed by atoms with E-state index in [0.29, 0.717) is 6.42 Å². The lowest BCUT2D eigenvalue weighted by atomic mass is 10.0. The lowest BCUT2D eigenvalue weighted by Crippen LogP contribution is -2.54. The Bertz CT molecular complexity index is 1450. The molecular weight excluding hydrogens is 545 g/mol. The van der Waals surface area contributed by atoms with Gasteiger partial charge in [-0.2, -0.15) is 0 Å². The Morgan fingerprint density at radius 2 is 1.68 bits per heavy atom. The molecule has 2 amide bonds. The van der Waals surface area contributed by atoms with Gasteiger partial charge < -0.3 is 15.0 Å². The Hall–Kier alpha value is -3.92. The van der Waals surface area contributed by atoms with Gasteiger partial charge in [-0.1, -0.05) is 61.5 Å². The summed E-state index contributed by atoms with van der Waals surface area (Å²) in [7, 11) is -2.56. The topological polar surface area (TPSA) is 96.0 Å². The van der Waals surface area contributed by atoms with Gasteiger partial charge in [-0.25, -0.2) is 12.8 Å². The molecule has 0 aliphatic heterocycles. The molecule has 1 N–H and O–H groups in total. The van der Waals surface area contributed by atoms with Gasteiger partial charge >= 0.3 is 0 Å². The van der Waals surface area contributed by atoms with Gasteiger partial charge in [0, 0.05) is 24.6 Å². The van der Waals surface area contributed by atoms with E-state index in [1.54, 1.807) is 37.3 Å². The zero-order valence-electron chi connectivity index (χ0n) is 24.1. The van der Waals surface area contributed by atoms with E-state index >= 15 is 0 Å². The molecule has 220 valence electrons. The molecule has 0 fully saturated rings. The number of amides is 2. The first-order valence-electron chi connectivity index (χ1n) is 13.4. The number of ether oxygens (including phenoxy) is 1. The van der Waals surface area contributed by atoms with E-state index in [0.717, 1.165) is 21.7 Å². The number of halogens is 1. The molecule has 3 rings (SSSR count). The highest BCUT2D eigenvalue weighted by Crippen LogP contribution is 2.31. The van der Waals surface area contributed by atoms with Gasteiger partial charge in [-0.05, 0) is 49.6 Å². The van der Waals surface area contributed by atoms with Crippen molar-refractivity contribution >= 4 is 27.5 Å². The monoisotopic (exact) mass is 583 g/mol. The smallest absolute Gasteiger partial charge is 0.244 e. The van der Waals surface area contributed by atoms with E-state index in [1.807, 2.05) is 44.2 Å². The second-order valence-corrected chi connectivity index (χ2v) is 12.0. The highest BCUT2D eigenvalue weighted by Gasteiger charge is 2.34. The maximum Gasteiger partial charge on any atom is 0.244 e. The first-order valence-corrected chi connectivity index (χ1v) is 15.3. The highest BCUT2D eigenvalue weighted by molar-refractivity contribution is 7.92. The van der Waals surface area contributed by atoms with Crippen LogP contribution < -0.4 is 14.4 Å². The van der Waals surface area contributed by atoms with Crippen LogP contribution in [0.1, 0.15) is 37.0 Å². The third-order valence-corrected chi connectivity index (χ3v) is 7.98. The zero-order valence-corrected chi connectivity index (χ0v) is 24.9. The number of carbonyl (C=O) groups excluding carboxylic acids is 2. The first kappa shape index (κ1) is 31.6. The molecule has 0 aliphatic rings. The van der Waals surface area contributed by atoms with E-state index in [2.05, 4.69) is 5.32 Å². The summed E-state index contributed by atoms with van der Waals surface area (Å²) in [5, 5.41) is 2.95. The summed E-state index contributed by atoms with van der Waals surface area (Å²) in [5.41, 5.74) is 1.95. The normalized spacial score (nSPS) is 12.7. The van der Waals surface area contributed by atoms with Gasteiger partial charge in [0.15, 0.2) is 0 Å². The van der Waals surface area contributed by atoms with E-state index in [9.17, 15) is 22.4 Å². The largest absolute Gasteiger partial charge is 0.495 e. The van der Waals surface area contributed by atoms with Gasteiger partial charge in [0.05, 0.1) is 19.1 Å². The quantitative estimate of drug-likeness (QED) is 0.321. The van der Waals surface area contributed by atoms with Crippen molar-refractivity contribution in [1.82, 2.24) is 10.2 Å². The number of aryl methyl sites for hydroxylation is 1. The molecule has 2 atom stereocenters. The highest BCUT2D eigenvalue weighted by atomic mass is 32.2. The van der Waals surface area contributed by atoms with Crippen LogP contribution >= 0.6 is 0 Å². The van der Waals surface area contributed by atoms with Gasteiger partial charge in [0.2, 0.25) is 21.8 Å². The second kappa shape index (κ2) is 14.1. The van der Waals surface area contributed by atoms with Crippen LogP contribution in [0.3, 0.4) is 0 Å². The van der Waals surface area contributed by atoms with Crippen LogP contribution in [-0.4, -0.2) is 57.1 Å². The Morgan fingerprint density at radius 3 is 2.29 bits per heavy atom. The summed E-state index contributed by atoms with van der Waals surface area (Å²) < 4.78 is 47.3. The van der Waals surface area contributed by atoms with Crippen LogP contribution in [0, 0.1) is 12.7 Å². The molecule has 41 heavy (non-hydrogen) atoms. The van der Waals surface area contributed by atoms with E-state index < -0.39 is 40.2 Å². The lowest BCUT2D eigenvalue weighted by molar-refractivity contribution is -0.140. The first-order chi connectivity index (χ1) is 19.4. The zero-order chi connectivity index (χ0) is 30.2. The molecule has 3 aromatic rings. The molecule has 3 aromatic carbocycles. The summed E-state index contributed by atoms with van der Waals surface area (Å²) in [6, 6.07) is 19.0. The molecule has 0 bridgehead atoms.